The fourth-order valence-electron chi connectivity index (χ4n) is 3.87. The Morgan fingerprint density at radius 1 is 1.12 bits per heavy atom. The first-order valence-electron chi connectivity index (χ1n) is 9.93. The van der Waals surface area contributed by atoms with E-state index in [-0.39, 0.29) is 29.8 Å². The van der Waals surface area contributed by atoms with Gasteiger partial charge in [0.1, 0.15) is 17.5 Å². The molecular formula is C22H21F4N5O. The number of halogens is 4. The van der Waals surface area contributed by atoms with Crippen LogP contribution in [0.25, 0.3) is 11.1 Å². The van der Waals surface area contributed by atoms with Crippen molar-refractivity contribution >= 4 is 11.7 Å². The minimum Gasteiger partial charge on any atom is -0.334 e. The molecule has 1 aliphatic heterocycles. The zero-order valence-corrected chi connectivity index (χ0v) is 17.5. The molecule has 0 radical (unpaired) electrons. The summed E-state index contributed by atoms with van der Waals surface area (Å²) in [4.78, 5) is 15.9. The number of hydrogen-bond donors (Lipinski definition) is 2. The van der Waals surface area contributed by atoms with Gasteiger partial charge in [-0.3, -0.25) is 10.00 Å². The predicted molar refractivity (Wildman–Crippen MR) is 111 cm³/mol. The molecule has 1 aliphatic rings. The molecule has 0 aliphatic carbocycles. The van der Waals surface area contributed by atoms with Crippen molar-refractivity contribution in [2.75, 3.05) is 25.5 Å². The van der Waals surface area contributed by atoms with E-state index in [1.165, 1.54) is 29.3 Å². The number of urea groups is 1. The Bertz CT molecular complexity index is 1180. The van der Waals surface area contributed by atoms with Crippen molar-refractivity contribution in [2.24, 2.45) is 0 Å². The minimum absolute atomic E-state index is 0.00903. The van der Waals surface area contributed by atoms with E-state index in [2.05, 4.69) is 15.5 Å². The highest BCUT2D eigenvalue weighted by molar-refractivity contribution is 5.94. The lowest BCUT2D eigenvalue weighted by Crippen LogP contribution is -2.38. The van der Waals surface area contributed by atoms with Crippen LogP contribution in [0, 0.1) is 23.4 Å². The molecule has 10 heteroatoms. The molecule has 168 valence electrons. The Balaban J connectivity index is 1.54. The van der Waals surface area contributed by atoms with E-state index in [4.69, 9.17) is 0 Å². The number of carbonyl (C=O) groups excluding carboxylic acids is 1. The maximum Gasteiger partial charge on any atom is 0.322 e. The maximum absolute atomic E-state index is 14.7. The summed E-state index contributed by atoms with van der Waals surface area (Å²) in [6.45, 7) is 0.436. The monoisotopic (exact) mass is 447 g/mol. The molecule has 6 nitrogen and oxygen atoms in total. The topological polar surface area (TPSA) is 64.3 Å². The summed E-state index contributed by atoms with van der Waals surface area (Å²) in [5, 5.41) is 8.38. The van der Waals surface area contributed by atoms with Crippen LogP contribution in [0.4, 0.5) is 28.0 Å². The van der Waals surface area contributed by atoms with Crippen LogP contribution in [-0.2, 0) is 19.5 Å². The van der Waals surface area contributed by atoms with Crippen molar-refractivity contribution in [3.8, 4) is 11.1 Å². The van der Waals surface area contributed by atoms with Gasteiger partial charge in [0.05, 0.1) is 11.3 Å². The Morgan fingerprint density at radius 3 is 2.59 bits per heavy atom. The van der Waals surface area contributed by atoms with Crippen LogP contribution >= 0.6 is 0 Å². The second-order valence-corrected chi connectivity index (χ2v) is 7.87. The molecule has 2 N–H and O–H groups in total. The quantitative estimate of drug-likeness (QED) is 0.582. The van der Waals surface area contributed by atoms with Gasteiger partial charge in [0, 0.05) is 43.0 Å². The van der Waals surface area contributed by atoms with Crippen molar-refractivity contribution in [2.45, 2.75) is 19.5 Å². The van der Waals surface area contributed by atoms with Gasteiger partial charge in [-0.25, -0.2) is 18.0 Å². The average molecular weight is 447 g/mol. The van der Waals surface area contributed by atoms with Crippen LogP contribution < -0.4 is 10.2 Å². The largest absolute Gasteiger partial charge is 0.334 e. The second kappa shape index (κ2) is 8.62. The van der Waals surface area contributed by atoms with Crippen molar-refractivity contribution in [1.82, 2.24) is 20.4 Å². The lowest BCUT2D eigenvalue weighted by molar-refractivity contribution is 0.246. The zero-order chi connectivity index (χ0) is 23.0. The first-order valence-corrected chi connectivity index (χ1v) is 9.93. The molecular weight excluding hydrogens is 426 g/mol. The van der Waals surface area contributed by atoms with Crippen molar-refractivity contribution in [3.05, 3.63) is 70.6 Å². The number of nitrogens with one attached hydrogen (secondary N) is 2. The van der Waals surface area contributed by atoms with E-state index < -0.39 is 29.4 Å². The summed E-state index contributed by atoms with van der Waals surface area (Å²) in [5.74, 6) is -2.92. The summed E-state index contributed by atoms with van der Waals surface area (Å²) < 4.78 is 56.4. The first-order chi connectivity index (χ1) is 15.2. The molecule has 0 saturated carbocycles. The minimum atomic E-state index is -0.813. The molecule has 0 atom stereocenters. The number of benzene rings is 2. The standard InChI is InChI=1S/C22H21F4N5O/c1-30(2)11-17-13(5-14(23)7-18(17)24)9-27-22(32)31-4-3-12-6-15(19(25)8-20(12)31)16-10-28-29-21(16)26/h5-8,10H,3-4,9,11H2,1-2H3,(H,27,32)(H,28,29). The summed E-state index contributed by atoms with van der Waals surface area (Å²) in [6, 6.07) is 4.16. The molecule has 2 heterocycles. The van der Waals surface area contributed by atoms with Gasteiger partial charge in [-0.2, -0.15) is 4.39 Å². The van der Waals surface area contributed by atoms with Crippen LogP contribution in [0.15, 0.2) is 30.5 Å². The molecule has 0 unspecified atom stereocenters. The molecule has 2 aromatic carbocycles. The predicted octanol–water partition coefficient (Wildman–Crippen LogP) is 3.97. The van der Waals surface area contributed by atoms with Gasteiger partial charge in [0.25, 0.3) is 0 Å². The van der Waals surface area contributed by atoms with E-state index in [0.29, 0.717) is 29.8 Å². The van der Waals surface area contributed by atoms with Gasteiger partial charge >= 0.3 is 6.03 Å². The number of H-pyrrole nitrogens is 1. The molecule has 0 saturated heterocycles. The van der Waals surface area contributed by atoms with E-state index in [0.717, 1.165) is 6.07 Å². The van der Waals surface area contributed by atoms with E-state index in [9.17, 15) is 22.4 Å². The van der Waals surface area contributed by atoms with Crippen LogP contribution in [0.5, 0.6) is 0 Å². The number of rotatable bonds is 5. The Labute approximate surface area is 181 Å². The number of aromatic amines is 1. The van der Waals surface area contributed by atoms with Crippen molar-refractivity contribution in [1.29, 1.82) is 0 Å². The molecule has 1 aromatic heterocycles. The van der Waals surface area contributed by atoms with E-state index in [1.807, 2.05) is 0 Å². The van der Waals surface area contributed by atoms with Crippen LogP contribution in [0.2, 0.25) is 0 Å². The third-order valence-electron chi connectivity index (χ3n) is 5.35. The van der Waals surface area contributed by atoms with E-state index >= 15 is 0 Å². The Hall–Kier alpha value is -3.40. The zero-order valence-electron chi connectivity index (χ0n) is 17.5. The summed E-state index contributed by atoms with van der Waals surface area (Å²) in [5.41, 5.74) is 1.72. The number of aromatic nitrogens is 2. The molecule has 3 aromatic rings. The molecule has 0 spiro atoms. The summed E-state index contributed by atoms with van der Waals surface area (Å²) >= 11 is 0. The van der Waals surface area contributed by atoms with Gasteiger partial charge in [-0.05, 0) is 49.8 Å². The smallest absolute Gasteiger partial charge is 0.322 e. The average Bonchev–Trinajstić information content (AvgIpc) is 3.33. The number of amides is 2. The molecule has 32 heavy (non-hydrogen) atoms. The van der Waals surface area contributed by atoms with Crippen LogP contribution in [0.3, 0.4) is 0 Å². The summed E-state index contributed by atoms with van der Waals surface area (Å²) in [6.07, 6.45) is 1.72. The normalized spacial score (nSPS) is 13.0. The van der Waals surface area contributed by atoms with E-state index in [1.54, 1.807) is 19.0 Å². The number of nitrogens with zero attached hydrogens (tertiary/aromatic N) is 3. The van der Waals surface area contributed by atoms with Crippen molar-refractivity contribution in [3.63, 3.8) is 0 Å². The Morgan fingerprint density at radius 2 is 1.91 bits per heavy atom. The highest BCUT2D eigenvalue weighted by Gasteiger charge is 2.27. The van der Waals surface area contributed by atoms with Crippen LogP contribution in [-0.4, -0.2) is 41.8 Å². The van der Waals surface area contributed by atoms with Gasteiger partial charge in [-0.1, -0.05) is 0 Å². The third kappa shape index (κ3) is 4.18. The molecule has 2 amide bonds. The van der Waals surface area contributed by atoms with Gasteiger partial charge in [0.2, 0.25) is 5.95 Å². The number of anilines is 1. The molecule has 4 rings (SSSR count). The SMILES string of the molecule is CN(C)Cc1c(F)cc(F)cc1CNC(=O)N1CCc2cc(-c3c[nH]nc3F)c(F)cc21. The fourth-order valence-corrected chi connectivity index (χ4v) is 3.87. The molecule has 0 fully saturated rings. The first kappa shape index (κ1) is 21.8. The highest BCUT2D eigenvalue weighted by Crippen LogP contribution is 2.35. The lowest BCUT2D eigenvalue weighted by Gasteiger charge is -2.20. The van der Waals surface area contributed by atoms with Crippen molar-refractivity contribution < 1.29 is 22.4 Å². The maximum atomic E-state index is 14.7. The molecule has 0 bridgehead atoms. The highest BCUT2D eigenvalue weighted by atomic mass is 19.1. The fraction of sp³-hybridized carbons (Fsp3) is 0.273. The second-order valence-electron chi connectivity index (χ2n) is 7.87. The number of fused-ring (bicyclic) bond motifs is 1. The third-order valence-corrected chi connectivity index (χ3v) is 5.35. The number of hydrogen-bond acceptors (Lipinski definition) is 3. The van der Waals surface area contributed by atoms with Gasteiger partial charge < -0.3 is 10.2 Å². The van der Waals surface area contributed by atoms with Gasteiger partial charge in [0.15, 0.2) is 0 Å². The number of carbonyl (C=O) groups is 1. The lowest BCUT2D eigenvalue weighted by atomic mass is 10.0. The Kier molecular flexibility index (Phi) is 5.88. The summed E-state index contributed by atoms with van der Waals surface area (Å²) in [7, 11) is 3.51. The van der Waals surface area contributed by atoms with Crippen LogP contribution in [0.1, 0.15) is 16.7 Å². The van der Waals surface area contributed by atoms with Gasteiger partial charge in [-0.15, -0.1) is 5.10 Å².